The van der Waals surface area contributed by atoms with Crippen LogP contribution in [0.25, 0.3) is 22.3 Å². The van der Waals surface area contributed by atoms with Gasteiger partial charge in [-0.3, -0.25) is 4.99 Å². The molecule has 0 radical (unpaired) electrons. The fraction of sp³-hybridized carbons (Fsp3) is 0.146. The van der Waals surface area contributed by atoms with Crippen LogP contribution < -0.4 is 5.73 Å². The Balaban J connectivity index is 1.40. The van der Waals surface area contributed by atoms with E-state index in [0.717, 1.165) is 39.8 Å². The van der Waals surface area contributed by atoms with E-state index in [-0.39, 0.29) is 17.4 Å². The lowest BCUT2D eigenvalue weighted by atomic mass is 9.69. The van der Waals surface area contributed by atoms with Gasteiger partial charge in [0.05, 0.1) is 17.7 Å². The predicted octanol–water partition coefficient (Wildman–Crippen LogP) is 10.8. The van der Waals surface area contributed by atoms with E-state index >= 15 is 0 Å². The van der Waals surface area contributed by atoms with E-state index in [9.17, 15) is 5.26 Å². The van der Waals surface area contributed by atoms with Crippen molar-refractivity contribution in [3.05, 3.63) is 202 Å². The number of amidine groups is 2. The summed E-state index contributed by atoms with van der Waals surface area (Å²) in [6, 6.07) is 45.7. The standard InChI is InChI=1S/C48H40N4/c1-31(33-14-6-4-7-15-33)51-47(52-46(50)35-16-8-5-9-17-35)39-27-37(34-24-22-32(30-49)23-25-34)26-38(28-39)42-29-36-18-10-11-19-40(36)45-44(42)41-20-12-13-21-43(41)48(45,2)3/h4-28,31,36H,29H2,1-3H3,(H2,50,51,52). The van der Waals surface area contributed by atoms with Crippen LogP contribution in [0.15, 0.2) is 173 Å². The number of fused-ring (bicyclic) bond motifs is 4. The molecule has 0 fully saturated rings. The fourth-order valence-electron chi connectivity index (χ4n) is 8.04. The number of rotatable bonds is 6. The number of hydrogen-bond donors (Lipinski definition) is 1. The van der Waals surface area contributed by atoms with Gasteiger partial charge in [0.25, 0.3) is 0 Å². The number of hydrogen-bond acceptors (Lipinski definition) is 2. The fourth-order valence-corrected chi connectivity index (χ4v) is 8.04. The van der Waals surface area contributed by atoms with Crippen LogP contribution in [0.1, 0.15) is 72.2 Å². The average molecular weight is 673 g/mol. The number of aliphatic imine (C=N–C) groups is 2. The molecule has 0 spiro atoms. The molecule has 0 aliphatic heterocycles. The molecule has 2 unspecified atom stereocenters. The van der Waals surface area contributed by atoms with Gasteiger partial charge in [0.15, 0.2) is 5.84 Å². The van der Waals surface area contributed by atoms with Crippen molar-refractivity contribution >= 4 is 22.8 Å². The van der Waals surface area contributed by atoms with Crippen LogP contribution in [-0.4, -0.2) is 11.7 Å². The van der Waals surface area contributed by atoms with Gasteiger partial charge < -0.3 is 5.73 Å². The quantitative estimate of drug-likeness (QED) is 0.144. The van der Waals surface area contributed by atoms with Crippen LogP contribution in [-0.2, 0) is 5.41 Å². The Morgan fingerprint density at radius 3 is 2.23 bits per heavy atom. The maximum Gasteiger partial charge on any atom is 0.157 e. The summed E-state index contributed by atoms with van der Waals surface area (Å²) >= 11 is 0. The normalized spacial score (nSPS) is 18.1. The van der Waals surface area contributed by atoms with Crippen molar-refractivity contribution in [2.75, 3.05) is 0 Å². The Hall–Kier alpha value is -6.31. The molecule has 8 rings (SSSR count). The van der Waals surface area contributed by atoms with Gasteiger partial charge in [-0.05, 0) is 99.3 Å². The van der Waals surface area contributed by atoms with Crippen molar-refractivity contribution in [2.24, 2.45) is 21.6 Å². The molecule has 3 aliphatic carbocycles. The number of allylic oxidation sites excluding steroid dienone is 8. The first-order chi connectivity index (χ1) is 25.3. The summed E-state index contributed by atoms with van der Waals surface area (Å²) in [5.41, 5.74) is 21.3. The van der Waals surface area contributed by atoms with Crippen LogP contribution in [0.3, 0.4) is 0 Å². The molecule has 3 aliphatic rings. The van der Waals surface area contributed by atoms with E-state index in [4.69, 9.17) is 15.7 Å². The molecule has 0 heterocycles. The predicted molar refractivity (Wildman–Crippen MR) is 215 cm³/mol. The Labute approximate surface area is 306 Å². The summed E-state index contributed by atoms with van der Waals surface area (Å²) in [4.78, 5) is 10.4. The lowest BCUT2D eigenvalue weighted by molar-refractivity contribution is 0.635. The van der Waals surface area contributed by atoms with Gasteiger partial charge in [0, 0.05) is 22.5 Å². The van der Waals surface area contributed by atoms with Gasteiger partial charge in [0.1, 0.15) is 5.84 Å². The van der Waals surface area contributed by atoms with Gasteiger partial charge >= 0.3 is 0 Å². The van der Waals surface area contributed by atoms with Crippen molar-refractivity contribution < 1.29 is 0 Å². The van der Waals surface area contributed by atoms with Crippen LogP contribution in [0, 0.1) is 17.2 Å². The highest BCUT2D eigenvalue weighted by Gasteiger charge is 2.44. The molecular formula is C48H40N4. The topological polar surface area (TPSA) is 74.5 Å². The van der Waals surface area contributed by atoms with E-state index in [2.05, 4.69) is 106 Å². The maximum absolute atomic E-state index is 9.58. The summed E-state index contributed by atoms with van der Waals surface area (Å²) in [5, 5.41) is 9.58. The third-order valence-electron chi connectivity index (χ3n) is 10.7. The van der Waals surface area contributed by atoms with Gasteiger partial charge in [-0.1, -0.05) is 135 Å². The van der Waals surface area contributed by atoms with Crippen LogP contribution in [0.4, 0.5) is 0 Å². The maximum atomic E-state index is 9.58. The van der Waals surface area contributed by atoms with Crippen LogP contribution in [0.2, 0.25) is 0 Å². The molecule has 2 atom stereocenters. The Kier molecular flexibility index (Phi) is 8.49. The zero-order chi connectivity index (χ0) is 35.8. The molecule has 252 valence electrons. The summed E-state index contributed by atoms with van der Waals surface area (Å²) in [6.07, 6.45) is 9.90. The lowest BCUT2D eigenvalue weighted by Gasteiger charge is -2.34. The zero-order valence-electron chi connectivity index (χ0n) is 29.7. The molecule has 5 aromatic rings. The molecule has 2 N–H and O–H groups in total. The Bertz CT molecular complexity index is 2410. The highest BCUT2D eigenvalue weighted by atomic mass is 15.0. The number of nitriles is 1. The summed E-state index contributed by atoms with van der Waals surface area (Å²) in [7, 11) is 0. The average Bonchev–Trinajstić information content (AvgIpc) is 3.44. The van der Waals surface area contributed by atoms with E-state index in [1.807, 2.05) is 72.8 Å². The number of benzene rings is 5. The highest BCUT2D eigenvalue weighted by molar-refractivity contribution is 6.12. The molecule has 4 heteroatoms. The molecule has 5 aromatic carbocycles. The molecule has 0 saturated carbocycles. The van der Waals surface area contributed by atoms with Gasteiger partial charge in [-0.25, -0.2) is 4.99 Å². The molecular weight excluding hydrogens is 633 g/mol. The highest BCUT2D eigenvalue weighted by Crippen LogP contribution is 2.58. The number of nitrogens with zero attached hydrogens (tertiary/aromatic N) is 3. The Morgan fingerprint density at radius 2 is 1.48 bits per heavy atom. The minimum absolute atomic E-state index is 0.152. The third kappa shape index (κ3) is 5.95. The smallest absolute Gasteiger partial charge is 0.157 e. The third-order valence-corrected chi connectivity index (χ3v) is 10.7. The molecule has 0 aromatic heterocycles. The van der Waals surface area contributed by atoms with Crippen molar-refractivity contribution in [3.8, 4) is 17.2 Å². The largest absolute Gasteiger partial charge is 0.383 e. The second-order valence-electron chi connectivity index (χ2n) is 14.3. The summed E-state index contributed by atoms with van der Waals surface area (Å²) < 4.78 is 0. The first kappa shape index (κ1) is 32.9. The van der Waals surface area contributed by atoms with Gasteiger partial charge in [-0.2, -0.15) is 5.26 Å². The Morgan fingerprint density at radius 1 is 0.788 bits per heavy atom. The summed E-state index contributed by atoms with van der Waals surface area (Å²) in [6.45, 7) is 6.82. The molecule has 0 saturated heterocycles. The first-order valence-electron chi connectivity index (χ1n) is 17.9. The lowest BCUT2D eigenvalue weighted by Crippen LogP contribution is -2.22. The van der Waals surface area contributed by atoms with Crippen molar-refractivity contribution in [1.29, 1.82) is 5.26 Å². The summed E-state index contributed by atoms with van der Waals surface area (Å²) in [5.74, 6) is 1.25. The molecule has 4 nitrogen and oxygen atoms in total. The van der Waals surface area contributed by atoms with E-state index in [1.54, 1.807) is 0 Å². The minimum atomic E-state index is -0.166. The number of nitrogens with two attached hydrogens (primary N) is 1. The van der Waals surface area contributed by atoms with E-state index in [0.29, 0.717) is 17.2 Å². The molecule has 0 amide bonds. The van der Waals surface area contributed by atoms with Crippen molar-refractivity contribution in [2.45, 2.75) is 38.6 Å². The van der Waals surface area contributed by atoms with Crippen LogP contribution in [0.5, 0.6) is 0 Å². The first-order valence-corrected chi connectivity index (χ1v) is 17.9. The van der Waals surface area contributed by atoms with Gasteiger partial charge in [-0.15, -0.1) is 0 Å². The van der Waals surface area contributed by atoms with Crippen LogP contribution >= 0.6 is 0 Å². The second-order valence-corrected chi connectivity index (χ2v) is 14.3. The van der Waals surface area contributed by atoms with Gasteiger partial charge in [0.2, 0.25) is 0 Å². The van der Waals surface area contributed by atoms with Crippen molar-refractivity contribution in [3.63, 3.8) is 0 Å². The zero-order valence-corrected chi connectivity index (χ0v) is 29.7. The minimum Gasteiger partial charge on any atom is -0.383 e. The van der Waals surface area contributed by atoms with E-state index < -0.39 is 0 Å². The van der Waals surface area contributed by atoms with Crippen molar-refractivity contribution in [1.82, 2.24) is 0 Å². The second kappa shape index (κ2) is 13.4. The SMILES string of the molecule is CC(N=C(N=C(N)c1ccccc1)c1cc(C2=C3C(=C4C=CC=CC4C2)C(C)(C)c2ccccc23)cc(-c2ccc(C#N)cc2)c1)c1ccccc1. The molecule has 0 bridgehead atoms. The molecule has 52 heavy (non-hydrogen) atoms. The van der Waals surface area contributed by atoms with E-state index in [1.165, 1.54) is 33.4 Å². The monoisotopic (exact) mass is 672 g/mol.